The van der Waals surface area contributed by atoms with Gasteiger partial charge in [-0.3, -0.25) is 4.99 Å². The molecule has 2 aliphatic rings. The van der Waals surface area contributed by atoms with Crippen molar-refractivity contribution in [2.24, 2.45) is 15.5 Å². The topological polar surface area (TPSA) is 87.8 Å². The van der Waals surface area contributed by atoms with Crippen LogP contribution in [0.4, 0.5) is 0 Å². The number of rotatable bonds is 4. The van der Waals surface area contributed by atoms with E-state index in [-0.39, 0.29) is 12.3 Å². The Kier molecular flexibility index (Phi) is 4.90. The zero-order valence-corrected chi connectivity index (χ0v) is 13.1. The molecular formula is C13H26N4O2S. The fourth-order valence-corrected chi connectivity index (χ4v) is 3.70. The van der Waals surface area contributed by atoms with Crippen molar-refractivity contribution in [3.05, 3.63) is 0 Å². The molecule has 0 bridgehead atoms. The van der Waals surface area contributed by atoms with Crippen LogP contribution >= 0.6 is 0 Å². The standard InChI is InChI=1S/C13H26N4O2S/c1-2-15-12(16-8-10-20(14,18)19)17-9-7-13(11-17)5-3-4-6-13/h2-11H2,1H3,(H,15,16)(H2,14,18,19). The Morgan fingerprint density at radius 1 is 1.35 bits per heavy atom. The highest BCUT2D eigenvalue weighted by atomic mass is 32.2. The number of aliphatic imine (C=N–C) groups is 1. The number of primary sulfonamides is 1. The lowest BCUT2D eigenvalue weighted by Crippen LogP contribution is -2.41. The monoisotopic (exact) mass is 302 g/mol. The molecule has 2 fully saturated rings. The van der Waals surface area contributed by atoms with Crippen LogP contribution in [0.5, 0.6) is 0 Å². The number of sulfonamides is 1. The van der Waals surface area contributed by atoms with Gasteiger partial charge < -0.3 is 10.2 Å². The Morgan fingerprint density at radius 3 is 2.65 bits per heavy atom. The molecule has 0 aromatic carbocycles. The van der Waals surface area contributed by atoms with E-state index in [4.69, 9.17) is 5.14 Å². The number of nitrogens with one attached hydrogen (secondary N) is 1. The Balaban J connectivity index is 1.96. The van der Waals surface area contributed by atoms with Gasteiger partial charge in [0.25, 0.3) is 0 Å². The third kappa shape index (κ3) is 4.09. The van der Waals surface area contributed by atoms with Crippen LogP contribution in [0.25, 0.3) is 0 Å². The molecule has 1 aliphatic carbocycles. The van der Waals surface area contributed by atoms with Crippen LogP contribution in [0, 0.1) is 5.41 Å². The van der Waals surface area contributed by atoms with Crippen LogP contribution in [0.3, 0.4) is 0 Å². The molecular weight excluding hydrogens is 276 g/mol. The fourth-order valence-electron chi connectivity index (χ4n) is 3.35. The normalized spacial score (nSPS) is 22.7. The highest BCUT2D eigenvalue weighted by molar-refractivity contribution is 7.89. The van der Waals surface area contributed by atoms with Gasteiger partial charge in [-0.15, -0.1) is 0 Å². The van der Waals surface area contributed by atoms with Crippen LogP contribution < -0.4 is 10.5 Å². The molecule has 1 aliphatic heterocycles. The van der Waals surface area contributed by atoms with Gasteiger partial charge in [-0.05, 0) is 31.6 Å². The van der Waals surface area contributed by atoms with Gasteiger partial charge in [-0.25, -0.2) is 13.6 Å². The lowest BCUT2D eigenvalue weighted by molar-refractivity contribution is 0.309. The van der Waals surface area contributed by atoms with E-state index >= 15 is 0 Å². The first-order chi connectivity index (χ1) is 9.44. The first kappa shape index (κ1) is 15.6. The van der Waals surface area contributed by atoms with Crippen molar-refractivity contribution >= 4 is 16.0 Å². The van der Waals surface area contributed by atoms with Gasteiger partial charge in [-0.1, -0.05) is 12.8 Å². The molecule has 1 spiro atoms. The van der Waals surface area contributed by atoms with Crippen molar-refractivity contribution in [2.75, 3.05) is 31.9 Å². The highest BCUT2D eigenvalue weighted by Crippen LogP contribution is 2.45. The summed E-state index contributed by atoms with van der Waals surface area (Å²) in [6.07, 6.45) is 6.55. The van der Waals surface area contributed by atoms with Gasteiger partial charge in [0, 0.05) is 19.6 Å². The molecule has 0 atom stereocenters. The van der Waals surface area contributed by atoms with Gasteiger partial charge in [0.05, 0.1) is 12.3 Å². The number of hydrogen-bond acceptors (Lipinski definition) is 3. The van der Waals surface area contributed by atoms with E-state index < -0.39 is 10.0 Å². The maximum atomic E-state index is 11.0. The van der Waals surface area contributed by atoms with Crippen LogP contribution in [0.15, 0.2) is 4.99 Å². The average molecular weight is 302 g/mol. The van der Waals surface area contributed by atoms with Crippen molar-refractivity contribution in [3.63, 3.8) is 0 Å². The lowest BCUT2D eigenvalue weighted by atomic mass is 9.86. The second-order valence-electron chi connectivity index (χ2n) is 5.98. The predicted octanol–water partition coefficient (Wildman–Crippen LogP) is 0.507. The molecule has 6 nitrogen and oxygen atoms in total. The smallest absolute Gasteiger partial charge is 0.210 e. The molecule has 7 heteroatoms. The number of guanidine groups is 1. The maximum Gasteiger partial charge on any atom is 0.210 e. The predicted molar refractivity (Wildman–Crippen MR) is 81.0 cm³/mol. The molecule has 1 heterocycles. The van der Waals surface area contributed by atoms with E-state index in [1.165, 1.54) is 32.1 Å². The van der Waals surface area contributed by atoms with E-state index in [1.54, 1.807) is 0 Å². The molecule has 1 saturated carbocycles. The van der Waals surface area contributed by atoms with Crippen LogP contribution in [0.1, 0.15) is 39.0 Å². The second-order valence-corrected chi connectivity index (χ2v) is 7.72. The first-order valence-electron chi connectivity index (χ1n) is 7.48. The van der Waals surface area contributed by atoms with E-state index in [0.29, 0.717) is 5.41 Å². The number of nitrogens with two attached hydrogens (primary N) is 1. The quantitative estimate of drug-likeness (QED) is 0.585. The van der Waals surface area contributed by atoms with E-state index in [1.807, 2.05) is 6.92 Å². The summed E-state index contributed by atoms with van der Waals surface area (Å²) in [7, 11) is -3.43. The molecule has 116 valence electrons. The summed E-state index contributed by atoms with van der Waals surface area (Å²) < 4.78 is 21.9. The minimum atomic E-state index is -3.43. The van der Waals surface area contributed by atoms with Crippen molar-refractivity contribution in [2.45, 2.75) is 39.0 Å². The molecule has 2 rings (SSSR count). The van der Waals surface area contributed by atoms with Gasteiger partial charge in [0.15, 0.2) is 5.96 Å². The summed E-state index contributed by atoms with van der Waals surface area (Å²) in [6, 6.07) is 0. The minimum absolute atomic E-state index is 0.0964. The summed E-state index contributed by atoms with van der Waals surface area (Å²) in [5.41, 5.74) is 0.482. The summed E-state index contributed by atoms with van der Waals surface area (Å²) in [5.74, 6) is 0.737. The average Bonchev–Trinajstić information content (AvgIpc) is 2.98. The summed E-state index contributed by atoms with van der Waals surface area (Å²) in [5, 5.41) is 8.27. The molecule has 20 heavy (non-hydrogen) atoms. The fraction of sp³-hybridized carbons (Fsp3) is 0.923. The zero-order valence-electron chi connectivity index (χ0n) is 12.3. The Hall–Kier alpha value is -0.820. The van der Waals surface area contributed by atoms with Crippen LogP contribution in [-0.4, -0.2) is 51.2 Å². The molecule has 0 unspecified atom stereocenters. The number of hydrogen-bond donors (Lipinski definition) is 2. The minimum Gasteiger partial charge on any atom is -0.357 e. The second kappa shape index (κ2) is 6.30. The van der Waals surface area contributed by atoms with E-state index in [0.717, 1.165) is 25.6 Å². The van der Waals surface area contributed by atoms with Gasteiger partial charge in [-0.2, -0.15) is 0 Å². The van der Waals surface area contributed by atoms with Crippen molar-refractivity contribution < 1.29 is 8.42 Å². The van der Waals surface area contributed by atoms with E-state index in [2.05, 4.69) is 15.2 Å². The van der Waals surface area contributed by atoms with Crippen LogP contribution in [0.2, 0.25) is 0 Å². The van der Waals surface area contributed by atoms with Crippen molar-refractivity contribution in [1.82, 2.24) is 10.2 Å². The Labute approximate surface area is 121 Å². The molecule has 0 aromatic heterocycles. The van der Waals surface area contributed by atoms with Gasteiger partial charge >= 0.3 is 0 Å². The van der Waals surface area contributed by atoms with Crippen molar-refractivity contribution in [1.29, 1.82) is 0 Å². The van der Waals surface area contributed by atoms with Gasteiger partial charge in [0.1, 0.15) is 0 Å². The molecule has 1 saturated heterocycles. The van der Waals surface area contributed by atoms with Crippen molar-refractivity contribution in [3.8, 4) is 0 Å². The Bertz CT molecular complexity index is 455. The SMILES string of the molecule is CCNC(=NCCS(N)(=O)=O)N1CCC2(CCCC2)C1. The molecule has 0 radical (unpaired) electrons. The number of nitrogens with zero attached hydrogens (tertiary/aromatic N) is 2. The molecule has 0 amide bonds. The van der Waals surface area contributed by atoms with Gasteiger partial charge in [0.2, 0.25) is 10.0 Å². The van der Waals surface area contributed by atoms with E-state index in [9.17, 15) is 8.42 Å². The van der Waals surface area contributed by atoms with Crippen LogP contribution in [-0.2, 0) is 10.0 Å². The lowest BCUT2D eigenvalue weighted by Gasteiger charge is -2.25. The first-order valence-corrected chi connectivity index (χ1v) is 9.19. The summed E-state index contributed by atoms with van der Waals surface area (Å²) in [4.78, 5) is 6.68. The third-order valence-corrected chi connectivity index (χ3v) is 5.13. The largest absolute Gasteiger partial charge is 0.357 e. The highest BCUT2D eigenvalue weighted by Gasteiger charge is 2.41. The molecule has 0 aromatic rings. The summed E-state index contributed by atoms with van der Waals surface area (Å²) in [6.45, 7) is 5.11. The third-order valence-electron chi connectivity index (χ3n) is 4.37. The molecule has 3 N–H and O–H groups in total. The Morgan fingerprint density at radius 2 is 2.05 bits per heavy atom. The maximum absolute atomic E-state index is 11.0. The number of likely N-dealkylation sites (tertiary alicyclic amines) is 1. The summed E-state index contributed by atoms with van der Waals surface area (Å²) >= 11 is 0. The zero-order chi connectivity index (χ0) is 14.6.